The number of piperidine rings is 1. The van der Waals surface area contributed by atoms with Crippen molar-refractivity contribution >= 4 is 11.4 Å². The van der Waals surface area contributed by atoms with E-state index in [4.69, 9.17) is 0 Å². The molecule has 0 bridgehead atoms. The zero-order chi connectivity index (χ0) is 12.4. The van der Waals surface area contributed by atoms with Gasteiger partial charge in [-0.25, -0.2) is 0 Å². The molecule has 1 aliphatic rings. The maximum Gasteiger partial charge on any atom is 0.0370 e. The molecule has 0 spiro atoms. The van der Waals surface area contributed by atoms with Crippen molar-refractivity contribution in [2.75, 3.05) is 30.4 Å². The summed E-state index contributed by atoms with van der Waals surface area (Å²) in [5.74, 6) is 1.62. The number of anilines is 2. The van der Waals surface area contributed by atoms with Crippen molar-refractivity contribution in [2.24, 2.45) is 11.8 Å². The monoisotopic (exact) mass is 232 g/mol. The average Bonchev–Trinajstić information content (AvgIpc) is 2.27. The molecule has 2 unspecified atom stereocenters. The van der Waals surface area contributed by atoms with Crippen molar-refractivity contribution in [3.63, 3.8) is 0 Å². The topological polar surface area (TPSA) is 15.3 Å². The molecular weight excluding hydrogens is 208 g/mol. The molecular formula is C15H24N2. The van der Waals surface area contributed by atoms with Crippen LogP contribution in [0.5, 0.6) is 0 Å². The van der Waals surface area contributed by atoms with E-state index in [0.717, 1.165) is 11.8 Å². The SMILES string of the molecule is CNc1ccc(N2CC(C)CC(C)C2)cc1C. The molecule has 1 N–H and O–H groups in total. The molecule has 0 aliphatic carbocycles. The fourth-order valence-electron chi connectivity index (χ4n) is 3.00. The Kier molecular flexibility index (Phi) is 3.60. The van der Waals surface area contributed by atoms with Gasteiger partial charge >= 0.3 is 0 Å². The van der Waals surface area contributed by atoms with Gasteiger partial charge in [0.25, 0.3) is 0 Å². The smallest absolute Gasteiger partial charge is 0.0370 e. The summed E-state index contributed by atoms with van der Waals surface area (Å²) in [7, 11) is 1.98. The Labute approximate surface area is 105 Å². The van der Waals surface area contributed by atoms with Gasteiger partial charge in [0.15, 0.2) is 0 Å². The van der Waals surface area contributed by atoms with Crippen LogP contribution < -0.4 is 10.2 Å². The lowest BCUT2D eigenvalue weighted by Crippen LogP contribution is -2.38. The molecule has 94 valence electrons. The maximum absolute atomic E-state index is 3.22. The van der Waals surface area contributed by atoms with Crippen LogP contribution in [0.4, 0.5) is 11.4 Å². The van der Waals surface area contributed by atoms with E-state index in [2.05, 4.69) is 49.2 Å². The third kappa shape index (κ3) is 2.74. The molecule has 2 heteroatoms. The molecule has 1 aliphatic heterocycles. The number of aryl methyl sites for hydroxylation is 1. The quantitative estimate of drug-likeness (QED) is 0.839. The number of rotatable bonds is 2. The van der Waals surface area contributed by atoms with Crippen LogP contribution in [0.1, 0.15) is 25.8 Å². The molecule has 0 amide bonds. The predicted octanol–water partition coefficient (Wildman–Crippen LogP) is 3.52. The van der Waals surface area contributed by atoms with Gasteiger partial charge in [0.05, 0.1) is 0 Å². The number of nitrogens with one attached hydrogen (secondary N) is 1. The molecule has 0 saturated carbocycles. The van der Waals surface area contributed by atoms with Crippen molar-refractivity contribution in [1.82, 2.24) is 0 Å². The van der Waals surface area contributed by atoms with Gasteiger partial charge in [-0.15, -0.1) is 0 Å². The highest BCUT2D eigenvalue weighted by atomic mass is 15.1. The summed E-state index contributed by atoms with van der Waals surface area (Å²) in [4.78, 5) is 2.53. The Balaban J connectivity index is 2.19. The molecule has 1 aromatic rings. The van der Waals surface area contributed by atoms with E-state index in [1.54, 1.807) is 0 Å². The minimum absolute atomic E-state index is 0.808. The van der Waals surface area contributed by atoms with Crippen molar-refractivity contribution in [3.05, 3.63) is 23.8 Å². The fourth-order valence-corrected chi connectivity index (χ4v) is 3.00. The minimum Gasteiger partial charge on any atom is -0.388 e. The van der Waals surface area contributed by atoms with Crippen LogP contribution in [0.2, 0.25) is 0 Å². The lowest BCUT2D eigenvalue weighted by molar-refractivity contribution is 0.357. The summed E-state index contributed by atoms with van der Waals surface area (Å²) < 4.78 is 0. The van der Waals surface area contributed by atoms with Crippen molar-refractivity contribution < 1.29 is 0 Å². The van der Waals surface area contributed by atoms with Crippen LogP contribution in [-0.2, 0) is 0 Å². The van der Waals surface area contributed by atoms with E-state index in [-0.39, 0.29) is 0 Å². The highest BCUT2D eigenvalue weighted by Gasteiger charge is 2.22. The molecule has 0 radical (unpaired) electrons. The first-order valence-electron chi connectivity index (χ1n) is 6.63. The second kappa shape index (κ2) is 4.99. The third-order valence-electron chi connectivity index (χ3n) is 3.71. The van der Waals surface area contributed by atoms with Crippen LogP contribution in [-0.4, -0.2) is 20.1 Å². The zero-order valence-electron chi connectivity index (χ0n) is 11.5. The average molecular weight is 232 g/mol. The van der Waals surface area contributed by atoms with Gasteiger partial charge in [0.1, 0.15) is 0 Å². The Hall–Kier alpha value is -1.18. The second-order valence-corrected chi connectivity index (χ2v) is 5.60. The van der Waals surface area contributed by atoms with Crippen LogP contribution in [0, 0.1) is 18.8 Å². The summed E-state index contributed by atoms with van der Waals surface area (Å²) >= 11 is 0. The standard InChI is InChI=1S/C15H24N2/c1-11-7-12(2)10-17(9-11)14-5-6-15(16-4)13(3)8-14/h5-6,8,11-12,16H,7,9-10H2,1-4H3. The van der Waals surface area contributed by atoms with E-state index < -0.39 is 0 Å². The fraction of sp³-hybridized carbons (Fsp3) is 0.600. The van der Waals surface area contributed by atoms with E-state index >= 15 is 0 Å². The lowest BCUT2D eigenvalue weighted by Gasteiger charge is -2.37. The largest absolute Gasteiger partial charge is 0.388 e. The van der Waals surface area contributed by atoms with E-state index in [0.29, 0.717) is 0 Å². The van der Waals surface area contributed by atoms with Crippen LogP contribution >= 0.6 is 0 Å². The first kappa shape index (κ1) is 12.3. The minimum atomic E-state index is 0.808. The molecule has 1 heterocycles. The molecule has 1 aromatic carbocycles. The Bertz CT molecular complexity index is 377. The summed E-state index contributed by atoms with van der Waals surface area (Å²) in [6, 6.07) is 6.73. The molecule has 2 nitrogen and oxygen atoms in total. The first-order valence-corrected chi connectivity index (χ1v) is 6.63. The number of benzene rings is 1. The summed E-state index contributed by atoms with van der Waals surface area (Å²) in [6.45, 7) is 9.28. The van der Waals surface area contributed by atoms with E-state index in [9.17, 15) is 0 Å². The van der Waals surface area contributed by atoms with Gasteiger partial charge in [-0.1, -0.05) is 13.8 Å². The molecule has 1 fully saturated rings. The van der Waals surface area contributed by atoms with Gasteiger partial charge in [0, 0.05) is 31.5 Å². The number of hydrogen-bond donors (Lipinski definition) is 1. The van der Waals surface area contributed by atoms with Gasteiger partial charge in [-0.05, 0) is 48.9 Å². The first-order chi connectivity index (χ1) is 8.10. The Morgan fingerprint density at radius 1 is 1.18 bits per heavy atom. The van der Waals surface area contributed by atoms with Crippen LogP contribution in [0.3, 0.4) is 0 Å². The van der Waals surface area contributed by atoms with Crippen molar-refractivity contribution in [2.45, 2.75) is 27.2 Å². The van der Waals surface area contributed by atoms with Crippen LogP contribution in [0.15, 0.2) is 18.2 Å². The van der Waals surface area contributed by atoms with Crippen LogP contribution in [0.25, 0.3) is 0 Å². The van der Waals surface area contributed by atoms with Gasteiger partial charge in [-0.3, -0.25) is 0 Å². The number of hydrogen-bond acceptors (Lipinski definition) is 2. The summed E-state index contributed by atoms with van der Waals surface area (Å²) in [6.07, 6.45) is 1.37. The Morgan fingerprint density at radius 3 is 2.35 bits per heavy atom. The van der Waals surface area contributed by atoms with Gasteiger partial charge < -0.3 is 10.2 Å². The molecule has 17 heavy (non-hydrogen) atoms. The highest BCUT2D eigenvalue weighted by molar-refractivity contribution is 5.60. The predicted molar refractivity (Wildman–Crippen MR) is 75.9 cm³/mol. The van der Waals surface area contributed by atoms with Gasteiger partial charge in [0.2, 0.25) is 0 Å². The number of nitrogens with zero attached hydrogens (tertiary/aromatic N) is 1. The van der Waals surface area contributed by atoms with Crippen molar-refractivity contribution in [3.8, 4) is 0 Å². The van der Waals surface area contributed by atoms with Crippen molar-refractivity contribution in [1.29, 1.82) is 0 Å². The molecule has 1 saturated heterocycles. The Morgan fingerprint density at radius 2 is 1.82 bits per heavy atom. The third-order valence-corrected chi connectivity index (χ3v) is 3.71. The van der Waals surface area contributed by atoms with Gasteiger partial charge in [-0.2, -0.15) is 0 Å². The van der Waals surface area contributed by atoms with E-state index in [1.807, 2.05) is 7.05 Å². The molecule has 2 atom stereocenters. The summed E-state index contributed by atoms with van der Waals surface area (Å²) in [5.41, 5.74) is 3.93. The maximum atomic E-state index is 3.22. The second-order valence-electron chi connectivity index (χ2n) is 5.60. The summed E-state index contributed by atoms with van der Waals surface area (Å²) in [5, 5.41) is 3.22. The zero-order valence-corrected chi connectivity index (χ0v) is 11.5. The highest BCUT2D eigenvalue weighted by Crippen LogP contribution is 2.28. The van der Waals surface area contributed by atoms with E-state index in [1.165, 1.54) is 36.4 Å². The molecule has 2 rings (SSSR count). The normalized spacial score (nSPS) is 24.8. The lowest BCUT2D eigenvalue weighted by atomic mass is 9.91. The molecule has 0 aromatic heterocycles.